The van der Waals surface area contributed by atoms with Crippen LogP contribution in [0.4, 0.5) is 0 Å². The molecule has 2 atom stereocenters. The SMILES string of the molecule is CCC(CN)(C1CC1)N1CCC(C)C1. The Kier molecular flexibility index (Phi) is 2.85. The molecule has 2 aliphatic rings. The van der Waals surface area contributed by atoms with E-state index >= 15 is 0 Å². The molecule has 2 nitrogen and oxygen atoms in total. The first-order chi connectivity index (χ1) is 6.73. The molecular weight excluding hydrogens is 172 g/mol. The maximum atomic E-state index is 6.04. The Morgan fingerprint density at radius 1 is 1.36 bits per heavy atom. The zero-order chi connectivity index (χ0) is 10.2. The lowest BCUT2D eigenvalue weighted by molar-refractivity contribution is 0.0911. The maximum absolute atomic E-state index is 6.04. The molecule has 2 heteroatoms. The summed E-state index contributed by atoms with van der Waals surface area (Å²) >= 11 is 0. The van der Waals surface area contributed by atoms with Crippen LogP contribution in [0.1, 0.15) is 39.5 Å². The first-order valence-electron chi connectivity index (χ1n) is 6.18. The Balaban J connectivity index is 2.09. The molecular formula is C12H24N2. The van der Waals surface area contributed by atoms with Gasteiger partial charge in [0.1, 0.15) is 0 Å². The Hall–Kier alpha value is -0.0800. The van der Waals surface area contributed by atoms with Crippen LogP contribution in [0.15, 0.2) is 0 Å². The third kappa shape index (κ3) is 1.59. The van der Waals surface area contributed by atoms with E-state index in [9.17, 15) is 0 Å². The van der Waals surface area contributed by atoms with Crippen molar-refractivity contribution < 1.29 is 0 Å². The van der Waals surface area contributed by atoms with Crippen molar-refractivity contribution in [1.82, 2.24) is 4.90 Å². The van der Waals surface area contributed by atoms with Gasteiger partial charge in [0.05, 0.1) is 0 Å². The number of nitrogens with two attached hydrogens (primary N) is 1. The van der Waals surface area contributed by atoms with Crippen LogP contribution in [-0.4, -0.2) is 30.1 Å². The van der Waals surface area contributed by atoms with Crippen LogP contribution in [0, 0.1) is 11.8 Å². The Bertz CT molecular complexity index is 194. The van der Waals surface area contributed by atoms with Gasteiger partial charge in [-0.25, -0.2) is 0 Å². The summed E-state index contributed by atoms with van der Waals surface area (Å²) < 4.78 is 0. The molecule has 1 saturated carbocycles. The minimum atomic E-state index is 0.366. The minimum Gasteiger partial charge on any atom is -0.329 e. The summed E-state index contributed by atoms with van der Waals surface area (Å²) in [6.07, 6.45) is 5.43. The largest absolute Gasteiger partial charge is 0.329 e. The van der Waals surface area contributed by atoms with E-state index in [1.54, 1.807) is 0 Å². The van der Waals surface area contributed by atoms with Crippen LogP contribution >= 0.6 is 0 Å². The summed E-state index contributed by atoms with van der Waals surface area (Å²) in [5.41, 5.74) is 6.41. The summed E-state index contributed by atoms with van der Waals surface area (Å²) in [4.78, 5) is 2.69. The monoisotopic (exact) mass is 196 g/mol. The highest BCUT2D eigenvalue weighted by Crippen LogP contribution is 2.46. The van der Waals surface area contributed by atoms with Crippen LogP contribution in [0.2, 0.25) is 0 Å². The molecule has 82 valence electrons. The quantitative estimate of drug-likeness (QED) is 0.743. The molecule has 2 rings (SSSR count). The van der Waals surface area contributed by atoms with E-state index in [1.165, 1.54) is 38.8 Å². The van der Waals surface area contributed by atoms with Gasteiger partial charge >= 0.3 is 0 Å². The van der Waals surface area contributed by atoms with Gasteiger partial charge in [0.25, 0.3) is 0 Å². The zero-order valence-electron chi connectivity index (χ0n) is 9.63. The molecule has 0 spiro atoms. The number of rotatable bonds is 4. The van der Waals surface area contributed by atoms with Gasteiger partial charge in [-0.05, 0) is 44.1 Å². The van der Waals surface area contributed by atoms with E-state index in [2.05, 4.69) is 18.7 Å². The standard InChI is InChI=1S/C12H24N2/c1-3-12(9-13,11-4-5-11)14-7-6-10(2)8-14/h10-11H,3-9,13H2,1-2H3. The molecule has 0 amide bonds. The van der Waals surface area contributed by atoms with Crippen LogP contribution < -0.4 is 5.73 Å². The van der Waals surface area contributed by atoms with Gasteiger partial charge in [0.2, 0.25) is 0 Å². The number of hydrogen-bond donors (Lipinski definition) is 1. The third-order valence-electron chi connectivity index (χ3n) is 4.36. The van der Waals surface area contributed by atoms with Gasteiger partial charge < -0.3 is 5.73 Å². The van der Waals surface area contributed by atoms with Crippen LogP contribution in [0.25, 0.3) is 0 Å². The molecule has 1 aliphatic carbocycles. The van der Waals surface area contributed by atoms with E-state index in [0.29, 0.717) is 5.54 Å². The molecule has 2 fully saturated rings. The molecule has 1 aliphatic heterocycles. The van der Waals surface area contributed by atoms with Gasteiger partial charge in [0.15, 0.2) is 0 Å². The average Bonchev–Trinajstić information content (AvgIpc) is 2.94. The maximum Gasteiger partial charge on any atom is 0.0357 e. The lowest BCUT2D eigenvalue weighted by Gasteiger charge is -2.41. The molecule has 14 heavy (non-hydrogen) atoms. The Labute approximate surface area is 87.8 Å². The fourth-order valence-electron chi connectivity index (χ4n) is 3.17. The topological polar surface area (TPSA) is 29.3 Å². The molecule has 2 N–H and O–H groups in total. The van der Waals surface area contributed by atoms with Crippen molar-refractivity contribution in [1.29, 1.82) is 0 Å². The Morgan fingerprint density at radius 2 is 2.07 bits per heavy atom. The van der Waals surface area contributed by atoms with Gasteiger partial charge in [-0.1, -0.05) is 13.8 Å². The van der Waals surface area contributed by atoms with Gasteiger partial charge in [-0.15, -0.1) is 0 Å². The van der Waals surface area contributed by atoms with Gasteiger partial charge in [-0.3, -0.25) is 4.90 Å². The molecule has 0 aromatic heterocycles. The van der Waals surface area contributed by atoms with E-state index in [0.717, 1.165) is 18.4 Å². The van der Waals surface area contributed by atoms with Crippen molar-refractivity contribution in [3.8, 4) is 0 Å². The molecule has 1 heterocycles. The second-order valence-corrected chi connectivity index (χ2v) is 5.28. The molecule has 0 aromatic carbocycles. The second-order valence-electron chi connectivity index (χ2n) is 5.28. The summed E-state index contributed by atoms with van der Waals surface area (Å²) in [6, 6.07) is 0. The van der Waals surface area contributed by atoms with E-state index in [4.69, 9.17) is 5.73 Å². The highest BCUT2D eigenvalue weighted by molar-refractivity contribution is 5.04. The number of likely N-dealkylation sites (tertiary alicyclic amines) is 1. The van der Waals surface area contributed by atoms with Crippen LogP contribution in [-0.2, 0) is 0 Å². The Morgan fingerprint density at radius 3 is 2.43 bits per heavy atom. The van der Waals surface area contributed by atoms with Crippen LogP contribution in [0.5, 0.6) is 0 Å². The predicted octanol–water partition coefficient (Wildman–Crippen LogP) is 1.85. The third-order valence-corrected chi connectivity index (χ3v) is 4.36. The summed E-state index contributed by atoms with van der Waals surface area (Å²) in [7, 11) is 0. The highest BCUT2D eigenvalue weighted by atomic mass is 15.2. The summed E-state index contributed by atoms with van der Waals surface area (Å²) in [5.74, 6) is 1.79. The highest BCUT2D eigenvalue weighted by Gasteiger charge is 2.48. The average molecular weight is 196 g/mol. The molecule has 1 saturated heterocycles. The predicted molar refractivity (Wildman–Crippen MR) is 60.2 cm³/mol. The van der Waals surface area contributed by atoms with Crippen molar-refractivity contribution in [2.24, 2.45) is 17.6 Å². The van der Waals surface area contributed by atoms with Crippen molar-refractivity contribution in [2.45, 2.75) is 45.1 Å². The minimum absolute atomic E-state index is 0.366. The second kappa shape index (κ2) is 3.82. The fraction of sp³-hybridized carbons (Fsp3) is 1.00. The first-order valence-corrected chi connectivity index (χ1v) is 6.18. The first kappa shape index (κ1) is 10.4. The lowest BCUT2D eigenvalue weighted by atomic mass is 9.88. The molecule has 0 bridgehead atoms. The van der Waals surface area contributed by atoms with Crippen molar-refractivity contribution in [2.75, 3.05) is 19.6 Å². The van der Waals surface area contributed by atoms with Crippen LogP contribution in [0.3, 0.4) is 0 Å². The molecule has 0 aromatic rings. The zero-order valence-corrected chi connectivity index (χ0v) is 9.63. The van der Waals surface area contributed by atoms with Gasteiger partial charge in [0, 0.05) is 18.6 Å². The van der Waals surface area contributed by atoms with Crippen molar-refractivity contribution >= 4 is 0 Å². The number of hydrogen-bond acceptors (Lipinski definition) is 2. The lowest BCUT2D eigenvalue weighted by Crippen LogP contribution is -2.54. The van der Waals surface area contributed by atoms with E-state index < -0.39 is 0 Å². The summed E-state index contributed by atoms with van der Waals surface area (Å²) in [6.45, 7) is 8.10. The smallest absolute Gasteiger partial charge is 0.0357 e. The normalized spacial score (nSPS) is 33.2. The van der Waals surface area contributed by atoms with Crippen molar-refractivity contribution in [3.63, 3.8) is 0 Å². The molecule has 2 unspecified atom stereocenters. The van der Waals surface area contributed by atoms with Crippen molar-refractivity contribution in [3.05, 3.63) is 0 Å². The number of nitrogens with zero attached hydrogens (tertiary/aromatic N) is 1. The van der Waals surface area contributed by atoms with E-state index in [-0.39, 0.29) is 0 Å². The fourth-order valence-corrected chi connectivity index (χ4v) is 3.17. The summed E-state index contributed by atoms with van der Waals surface area (Å²) in [5, 5.41) is 0. The van der Waals surface area contributed by atoms with E-state index in [1.807, 2.05) is 0 Å². The van der Waals surface area contributed by atoms with Gasteiger partial charge in [-0.2, -0.15) is 0 Å². The molecule has 0 radical (unpaired) electrons.